The van der Waals surface area contributed by atoms with Crippen molar-refractivity contribution in [2.75, 3.05) is 6.61 Å². The molecule has 0 aromatic carbocycles. The van der Waals surface area contributed by atoms with E-state index in [-0.39, 0.29) is 12.3 Å². The van der Waals surface area contributed by atoms with Crippen LogP contribution in [0.2, 0.25) is 0 Å². The van der Waals surface area contributed by atoms with Gasteiger partial charge in [0, 0.05) is 15.7 Å². The molecular weight excluding hydrogens is 234 g/mol. The van der Waals surface area contributed by atoms with Crippen LogP contribution in [0.5, 0.6) is 0 Å². The Labute approximate surface area is 84.4 Å². The molecule has 0 saturated carbocycles. The first-order valence-electron chi connectivity index (χ1n) is 3.15. The summed E-state index contributed by atoms with van der Waals surface area (Å²) >= 11 is 0. The van der Waals surface area contributed by atoms with E-state index in [1.165, 1.54) is 0 Å². The van der Waals surface area contributed by atoms with E-state index < -0.39 is 16.5 Å². The quantitative estimate of drug-likeness (QED) is 0.466. The molecule has 0 heterocycles. The van der Waals surface area contributed by atoms with Gasteiger partial charge in [-0.3, -0.25) is 0 Å². The van der Waals surface area contributed by atoms with Gasteiger partial charge >= 0.3 is 16.5 Å². The molecule has 2 unspecified atom stereocenters. The molecule has 0 rings (SSSR count). The van der Waals surface area contributed by atoms with Gasteiger partial charge in [0.25, 0.3) is 0 Å². The molecule has 0 amide bonds. The number of rotatable bonds is 4. The van der Waals surface area contributed by atoms with Gasteiger partial charge in [0.05, 0.1) is 0 Å². The highest BCUT2D eigenvalue weighted by molar-refractivity contribution is 7.46. The minimum Gasteiger partial charge on any atom is -0.396 e. The van der Waals surface area contributed by atoms with Crippen molar-refractivity contribution in [2.24, 2.45) is 0 Å². The molecule has 10 heteroatoms. The van der Waals surface area contributed by atoms with Gasteiger partial charge in [0.1, 0.15) is 0 Å². The topological polar surface area (TPSA) is 174 Å². The van der Waals surface area contributed by atoms with Crippen LogP contribution in [-0.2, 0) is 13.4 Å². The van der Waals surface area contributed by atoms with E-state index >= 15 is 0 Å². The molecule has 0 aromatic heterocycles. The van der Waals surface area contributed by atoms with Crippen LogP contribution in [0.3, 0.4) is 0 Å². The molecule has 0 aromatic rings. The lowest BCUT2D eigenvalue weighted by atomic mass is 10.4. The Morgan fingerprint density at radius 1 is 1.14 bits per heavy atom. The second kappa shape index (κ2) is 18.7. The van der Waals surface area contributed by atoms with Crippen molar-refractivity contribution < 1.29 is 28.3 Å². The van der Waals surface area contributed by atoms with E-state index in [0.29, 0.717) is 6.61 Å². The van der Waals surface area contributed by atoms with Gasteiger partial charge in [-0.05, 0) is 6.42 Å². The second-order valence-corrected chi connectivity index (χ2v) is 3.24. The zero-order chi connectivity index (χ0) is 9.98. The zero-order valence-electron chi connectivity index (χ0n) is 8.00. The Morgan fingerprint density at radius 3 is 1.50 bits per heavy atom. The summed E-state index contributed by atoms with van der Waals surface area (Å²) < 4.78 is 22.2. The maximum Gasteiger partial charge on any atom is 0.745 e. The average molecular weight is 252 g/mol. The summed E-state index contributed by atoms with van der Waals surface area (Å²) in [6.45, 7) is 2.40. The van der Waals surface area contributed by atoms with Gasteiger partial charge < -0.3 is 17.4 Å². The molecule has 0 aliphatic rings. The molecule has 0 aliphatic heterocycles. The van der Waals surface area contributed by atoms with Gasteiger partial charge in [0.2, 0.25) is 0 Å². The van der Waals surface area contributed by atoms with Crippen molar-refractivity contribution >= 4 is 16.5 Å². The summed E-state index contributed by atoms with van der Waals surface area (Å²) in [7, 11) is -5.85. The van der Waals surface area contributed by atoms with Crippen molar-refractivity contribution in [1.82, 2.24) is 12.3 Å². The van der Waals surface area contributed by atoms with E-state index in [0.717, 1.165) is 12.8 Å². The largest absolute Gasteiger partial charge is 0.745 e. The van der Waals surface area contributed by atoms with Crippen molar-refractivity contribution in [3.8, 4) is 0 Å². The van der Waals surface area contributed by atoms with Crippen molar-refractivity contribution in [1.29, 1.82) is 0 Å². The normalized spacial score (nSPS) is 9.71. The zero-order valence-corrected chi connectivity index (χ0v) is 9.79. The number of hydrogen-bond acceptors (Lipinski definition) is 6. The van der Waals surface area contributed by atoms with E-state index in [1.54, 1.807) is 0 Å². The summed E-state index contributed by atoms with van der Waals surface area (Å²) in [6.07, 6.45) is 2.04. The maximum atomic E-state index is 9.39. The lowest BCUT2D eigenvalue weighted by Crippen LogP contribution is -1.75. The first kappa shape index (κ1) is 23.6. The number of aliphatic hydroxyl groups is 1. The van der Waals surface area contributed by atoms with Gasteiger partial charge in [0.15, 0.2) is 4.31 Å². The third-order valence-electron chi connectivity index (χ3n) is 0.651. The first-order valence-corrected chi connectivity index (χ1v) is 5.41. The lowest BCUT2D eigenvalue weighted by molar-refractivity contribution is 0.287. The van der Waals surface area contributed by atoms with Crippen LogP contribution in [0.4, 0.5) is 0 Å². The summed E-state index contributed by atoms with van der Waals surface area (Å²) in [6, 6.07) is 0. The van der Waals surface area contributed by atoms with Crippen LogP contribution >= 0.6 is 16.5 Å². The smallest absolute Gasteiger partial charge is 0.396 e. The standard InChI is InChI=1S/C4H10O.2H3N.O5P2/c1-2-3-4-5;;;1-6(2)5-7(3)4/h5H,2-4H2,1H3;2*1H3;/p+2. The number of aliphatic hydroxyl groups excluding tert-OH is 1. The first-order chi connectivity index (χ1) is 5.54. The lowest BCUT2D eigenvalue weighted by Gasteiger charge is -1.79. The van der Waals surface area contributed by atoms with Crippen LogP contribution in [0, 0.1) is 0 Å². The van der Waals surface area contributed by atoms with Gasteiger partial charge in [-0.25, -0.2) is 0 Å². The summed E-state index contributed by atoms with van der Waals surface area (Å²) in [4.78, 5) is 15.3. The molecule has 0 saturated heterocycles. The third-order valence-corrected chi connectivity index (χ3v) is 1.77. The molecule has 0 aliphatic carbocycles. The molecule has 8 nitrogen and oxygen atoms in total. The molecule has 14 heavy (non-hydrogen) atoms. The van der Waals surface area contributed by atoms with Crippen LogP contribution in [0.15, 0.2) is 0 Å². The van der Waals surface area contributed by atoms with E-state index in [1.807, 2.05) is 0 Å². The van der Waals surface area contributed by atoms with Crippen molar-refractivity contribution in [3.05, 3.63) is 0 Å². The Balaban J connectivity index is -0.0000000651. The highest BCUT2D eigenvalue weighted by atomic mass is 31.2. The predicted molar refractivity (Wildman–Crippen MR) is 52.8 cm³/mol. The highest BCUT2D eigenvalue weighted by Gasteiger charge is 2.31. The summed E-state index contributed by atoms with van der Waals surface area (Å²) in [5, 5.41) is 8.07. The van der Waals surface area contributed by atoms with E-state index in [9.17, 15) is 9.13 Å². The molecule has 2 atom stereocenters. The molecule has 0 fully saturated rings. The fourth-order valence-electron chi connectivity index (χ4n) is 0.218. The van der Waals surface area contributed by atoms with Crippen molar-refractivity contribution in [3.63, 3.8) is 0 Å². The molecular formula is C4H18N2O6P2+2. The number of unbranched alkanes of at least 4 members (excludes halogenated alkanes) is 1. The fraction of sp³-hybridized carbons (Fsp3) is 1.00. The van der Waals surface area contributed by atoms with E-state index in [4.69, 9.17) is 14.9 Å². The Bertz CT molecular complexity index is 132. The Hall–Kier alpha value is -0.0400. The van der Waals surface area contributed by atoms with Crippen LogP contribution in [0.1, 0.15) is 19.8 Å². The summed E-state index contributed by atoms with van der Waals surface area (Å²) in [5.41, 5.74) is 0. The average Bonchev–Trinajstić information content (AvgIpc) is 1.87. The third kappa shape index (κ3) is 40.4. The van der Waals surface area contributed by atoms with Crippen molar-refractivity contribution in [2.45, 2.75) is 19.8 Å². The SMILES string of the molecule is CCCCO.N.N.O=[P+](O)O[P+](=O)O. The summed E-state index contributed by atoms with van der Waals surface area (Å²) in [5.74, 6) is 0. The van der Waals surface area contributed by atoms with Crippen LogP contribution in [-0.4, -0.2) is 21.5 Å². The van der Waals surface area contributed by atoms with Gasteiger partial charge in [-0.1, -0.05) is 13.3 Å². The van der Waals surface area contributed by atoms with Gasteiger partial charge in [-0.2, -0.15) is 0 Å². The minimum absolute atomic E-state index is 0. The van der Waals surface area contributed by atoms with E-state index in [2.05, 4.69) is 11.2 Å². The molecule has 0 spiro atoms. The molecule has 9 N–H and O–H groups in total. The maximum absolute atomic E-state index is 9.39. The molecule has 88 valence electrons. The van der Waals surface area contributed by atoms with Crippen LogP contribution < -0.4 is 12.3 Å². The predicted octanol–water partition coefficient (Wildman–Crippen LogP) is 1.41. The van der Waals surface area contributed by atoms with Gasteiger partial charge in [-0.15, -0.1) is 9.79 Å². The Kier molecular flexibility index (Phi) is 31.5. The molecule has 0 bridgehead atoms. The number of hydrogen-bond donors (Lipinski definition) is 5. The second-order valence-electron chi connectivity index (χ2n) is 1.63. The Morgan fingerprint density at radius 2 is 1.50 bits per heavy atom. The fourth-order valence-corrected chi connectivity index (χ4v) is 0.696. The highest BCUT2D eigenvalue weighted by Crippen LogP contribution is 2.30. The monoisotopic (exact) mass is 252 g/mol. The van der Waals surface area contributed by atoms with Crippen LogP contribution in [0.25, 0.3) is 0 Å². The minimum atomic E-state index is -2.92. The molecule has 0 radical (unpaired) electrons.